The van der Waals surface area contributed by atoms with Gasteiger partial charge in [0.25, 0.3) is 5.56 Å². The van der Waals surface area contributed by atoms with Crippen LogP contribution in [0.4, 0.5) is 10.2 Å². The number of carbonyl (C=O) groups excluding carboxylic acids is 1. The molecule has 0 aliphatic carbocycles. The monoisotopic (exact) mass is 551 g/mol. The Hall–Kier alpha value is -5.19. The van der Waals surface area contributed by atoms with E-state index in [4.69, 9.17) is 4.63 Å². The summed E-state index contributed by atoms with van der Waals surface area (Å²) in [6, 6.07) is 11.9. The molecule has 2 aromatic carbocycles. The van der Waals surface area contributed by atoms with Gasteiger partial charge in [-0.25, -0.2) is 14.0 Å². The van der Waals surface area contributed by atoms with Crippen LogP contribution < -0.4 is 10.9 Å². The summed E-state index contributed by atoms with van der Waals surface area (Å²) in [5.74, 6) is -0.908. The topological polar surface area (TPSA) is 121 Å². The summed E-state index contributed by atoms with van der Waals surface area (Å²) in [5.41, 5.74) is 5.12. The Morgan fingerprint density at radius 3 is 2.73 bits per heavy atom. The van der Waals surface area contributed by atoms with Crippen molar-refractivity contribution in [3.63, 3.8) is 0 Å². The van der Waals surface area contributed by atoms with Gasteiger partial charge in [0.15, 0.2) is 5.82 Å². The van der Waals surface area contributed by atoms with Gasteiger partial charge in [0.1, 0.15) is 16.9 Å². The van der Waals surface area contributed by atoms with Crippen molar-refractivity contribution in [2.75, 3.05) is 5.32 Å². The molecule has 0 radical (unpaired) electrons. The molecule has 1 amide bonds. The highest BCUT2D eigenvalue weighted by atomic mass is 19.1. The minimum atomic E-state index is -0.458. The summed E-state index contributed by atoms with van der Waals surface area (Å²) < 4.78 is 22.2. The minimum absolute atomic E-state index is 0.0543. The van der Waals surface area contributed by atoms with E-state index in [-0.39, 0.29) is 30.0 Å². The molecule has 6 aromatic rings. The van der Waals surface area contributed by atoms with Crippen LogP contribution in [0.2, 0.25) is 0 Å². The van der Waals surface area contributed by atoms with E-state index in [0.29, 0.717) is 28.7 Å². The zero-order valence-corrected chi connectivity index (χ0v) is 22.6. The molecular weight excluding hydrogens is 525 g/mol. The summed E-state index contributed by atoms with van der Waals surface area (Å²) in [7, 11) is 0. The number of hydrogen-bond acceptors (Lipinski definition) is 7. The molecule has 4 aromatic heterocycles. The van der Waals surface area contributed by atoms with Crippen LogP contribution in [0.25, 0.3) is 38.9 Å². The van der Waals surface area contributed by atoms with Crippen LogP contribution in [0.5, 0.6) is 0 Å². The molecule has 10 nitrogen and oxygen atoms in total. The predicted octanol–water partition coefficient (Wildman–Crippen LogP) is 5.27. The summed E-state index contributed by atoms with van der Waals surface area (Å²) in [6.45, 7) is 5.77. The quantitative estimate of drug-likeness (QED) is 0.287. The van der Waals surface area contributed by atoms with Crippen molar-refractivity contribution in [2.24, 2.45) is 5.92 Å². The molecule has 0 aliphatic rings. The van der Waals surface area contributed by atoms with Gasteiger partial charge in [0.2, 0.25) is 5.91 Å². The molecule has 0 fully saturated rings. The van der Waals surface area contributed by atoms with Crippen molar-refractivity contribution in [3.8, 4) is 16.9 Å². The number of halogens is 1. The first kappa shape index (κ1) is 26.1. The lowest BCUT2D eigenvalue weighted by atomic mass is 10.1. The van der Waals surface area contributed by atoms with Gasteiger partial charge in [-0.1, -0.05) is 19.9 Å². The fourth-order valence-electron chi connectivity index (χ4n) is 4.78. The van der Waals surface area contributed by atoms with Crippen molar-refractivity contribution in [1.82, 2.24) is 29.4 Å². The van der Waals surface area contributed by atoms with E-state index in [9.17, 15) is 14.0 Å². The second-order valence-electron chi connectivity index (χ2n) is 10.0. The molecule has 0 saturated carbocycles. The zero-order valence-electron chi connectivity index (χ0n) is 22.6. The van der Waals surface area contributed by atoms with Crippen molar-refractivity contribution in [1.29, 1.82) is 0 Å². The van der Waals surface area contributed by atoms with Gasteiger partial charge in [-0.3, -0.25) is 19.1 Å². The summed E-state index contributed by atoms with van der Waals surface area (Å²) >= 11 is 0. The number of fused-ring (bicyclic) bond motifs is 2. The number of benzene rings is 2. The maximum absolute atomic E-state index is 13.9. The molecule has 1 atom stereocenters. The van der Waals surface area contributed by atoms with Crippen molar-refractivity contribution < 1.29 is 13.8 Å². The molecule has 0 spiro atoms. The number of nitrogens with zero attached hydrogens (tertiary/aromatic N) is 6. The molecule has 206 valence electrons. The van der Waals surface area contributed by atoms with E-state index in [2.05, 4.69) is 25.6 Å². The predicted molar refractivity (Wildman–Crippen MR) is 152 cm³/mol. The van der Waals surface area contributed by atoms with Crippen molar-refractivity contribution >= 4 is 33.7 Å². The second kappa shape index (κ2) is 10.4. The Morgan fingerprint density at radius 2 is 1.90 bits per heavy atom. The van der Waals surface area contributed by atoms with Crippen LogP contribution in [-0.4, -0.2) is 35.3 Å². The van der Waals surface area contributed by atoms with E-state index in [0.717, 1.165) is 27.7 Å². The average molecular weight is 552 g/mol. The number of aromatic nitrogens is 6. The SMILES string of the molecule is CC[C@@H](C)C(=O)Nc1ncc(-c2ccc3nonc3c2)n(Cc2cncc(-n3cc(C)c4cc(F)ccc43)c2)c1=O. The molecule has 11 heteroatoms. The third-order valence-corrected chi connectivity index (χ3v) is 7.27. The van der Waals surface area contributed by atoms with Crippen LogP contribution in [0, 0.1) is 18.7 Å². The van der Waals surface area contributed by atoms with Crippen molar-refractivity contribution in [2.45, 2.75) is 33.7 Å². The van der Waals surface area contributed by atoms with E-state index in [1.54, 1.807) is 54.3 Å². The van der Waals surface area contributed by atoms with Gasteiger partial charge in [-0.2, -0.15) is 0 Å². The third kappa shape index (κ3) is 4.86. The van der Waals surface area contributed by atoms with E-state index >= 15 is 0 Å². The largest absolute Gasteiger partial charge is 0.315 e. The molecule has 0 unspecified atom stereocenters. The maximum Gasteiger partial charge on any atom is 0.294 e. The van der Waals surface area contributed by atoms with Crippen LogP contribution in [0.1, 0.15) is 31.4 Å². The molecule has 0 saturated heterocycles. The Labute approximate surface area is 233 Å². The highest BCUT2D eigenvalue weighted by Crippen LogP contribution is 2.27. The first-order chi connectivity index (χ1) is 19.8. The lowest BCUT2D eigenvalue weighted by molar-refractivity contribution is -0.119. The van der Waals surface area contributed by atoms with Gasteiger partial charge < -0.3 is 9.88 Å². The number of pyridine rings is 1. The molecular formula is C30H26FN7O3. The smallest absolute Gasteiger partial charge is 0.294 e. The third-order valence-electron chi connectivity index (χ3n) is 7.27. The fourth-order valence-corrected chi connectivity index (χ4v) is 4.78. The molecule has 0 bridgehead atoms. The Kier molecular flexibility index (Phi) is 6.62. The molecule has 4 heterocycles. The number of rotatable bonds is 7. The first-order valence-corrected chi connectivity index (χ1v) is 13.2. The highest BCUT2D eigenvalue weighted by Gasteiger charge is 2.18. The standard InChI is InChI=1S/C30H26FN7O3/c1-4-17(2)29(39)34-28-30(40)38(27(14-33-28)20-5-7-24-25(10-20)36-41-35-24)16-19-9-22(13-32-12-19)37-15-18(3)23-11-21(31)6-8-26(23)37/h5-15,17H,4,16H2,1-3H3,(H,33,34,39)/t17-/m1/s1. The number of aryl methyl sites for hydroxylation is 1. The Balaban J connectivity index is 1.44. The van der Waals surface area contributed by atoms with Crippen LogP contribution in [-0.2, 0) is 11.3 Å². The van der Waals surface area contributed by atoms with Gasteiger partial charge in [-0.05, 0) is 71.2 Å². The fraction of sp³-hybridized carbons (Fsp3) is 0.200. The Morgan fingerprint density at radius 1 is 1.07 bits per heavy atom. The number of hydrogen-bond donors (Lipinski definition) is 1. The minimum Gasteiger partial charge on any atom is -0.315 e. The number of anilines is 1. The van der Waals surface area contributed by atoms with E-state index in [1.807, 2.05) is 30.7 Å². The maximum atomic E-state index is 13.9. The van der Waals surface area contributed by atoms with Gasteiger partial charge in [0.05, 0.1) is 35.8 Å². The molecule has 41 heavy (non-hydrogen) atoms. The highest BCUT2D eigenvalue weighted by molar-refractivity contribution is 5.91. The number of amides is 1. The molecule has 0 aliphatic heterocycles. The van der Waals surface area contributed by atoms with E-state index in [1.165, 1.54) is 12.1 Å². The van der Waals surface area contributed by atoms with Gasteiger partial charge >= 0.3 is 0 Å². The van der Waals surface area contributed by atoms with E-state index < -0.39 is 5.56 Å². The van der Waals surface area contributed by atoms with Gasteiger partial charge in [-0.15, -0.1) is 0 Å². The summed E-state index contributed by atoms with van der Waals surface area (Å²) in [4.78, 5) is 35.1. The lowest BCUT2D eigenvalue weighted by Crippen LogP contribution is -2.30. The van der Waals surface area contributed by atoms with Gasteiger partial charge in [0, 0.05) is 29.3 Å². The van der Waals surface area contributed by atoms with Crippen molar-refractivity contribution in [3.05, 3.63) is 94.5 Å². The summed E-state index contributed by atoms with van der Waals surface area (Å²) in [5, 5.41) is 11.3. The average Bonchev–Trinajstić information content (AvgIpc) is 3.58. The first-order valence-electron chi connectivity index (χ1n) is 13.2. The summed E-state index contributed by atoms with van der Waals surface area (Å²) in [6.07, 6.45) is 7.50. The molecule has 1 N–H and O–H groups in total. The number of nitrogens with one attached hydrogen (secondary N) is 1. The second-order valence-corrected chi connectivity index (χ2v) is 10.0. The van der Waals surface area contributed by atoms with Crippen LogP contribution in [0.15, 0.2) is 76.7 Å². The normalized spacial score (nSPS) is 12.2. The Bertz CT molecular complexity index is 1990. The van der Waals surface area contributed by atoms with Crippen LogP contribution >= 0.6 is 0 Å². The van der Waals surface area contributed by atoms with Crippen LogP contribution in [0.3, 0.4) is 0 Å². The zero-order chi connectivity index (χ0) is 28.7. The molecule has 6 rings (SSSR count). The number of carbonyl (C=O) groups is 1. The lowest BCUT2D eigenvalue weighted by Gasteiger charge is -2.16.